The summed E-state index contributed by atoms with van der Waals surface area (Å²) in [5, 5.41) is 13.2. The van der Waals surface area contributed by atoms with Crippen molar-refractivity contribution in [2.45, 2.75) is 49.3 Å². The van der Waals surface area contributed by atoms with Crippen LogP contribution in [0, 0.1) is 17.3 Å². The lowest BCUT2D eigenvalue weighted by atomic mass is 9.49. The van der Waals surface area contributed by atoms with Gasteiger partial charge in [-0.1, -0.05) is 57.6 Å². The topological polar surface area (TPSA) is 54.9 Å². The SMILES string of the molecule is O=C(Nc1nnc(Cc2ccccc2)s1)C12C[C@H]3C[C@@H](CC(Br)(C3)C1)C2. The lowest BCUT2D eigenvalue weighted by molar-refractivity contribution is -0.138. The molecule has 0 spiro atoms. The second-order valence-corrected chi connectivity index (χ2v) is 11.3. The molecule has 0 aliphatic heterocycles. The van der Waals surface area contributed by atoms with Crippen molar-refractivity contribution >= 4 is 38.3 Å². The number of halogens is 1. The first-order chi connectivity index (χ1) is 12.5. The van der Waals surface area contributed by atoms with Gasteiger partial charge in [0.1, 0.15) is 5.01 Å². The molecule has 4 fully saturated rings. The Morgan fingerprint density at radius 2 is 1.88 bits per heavy atom. The minimum absolute atomic E-state index is 0.165. The van der Waals surface area contributed by atoms with Crippen LogP contribution in [0.25, 0.3) is 0 Å². The Morgan fingerprint density at radius 3 is 2.58 bits per heavy atom. The van der Waals surface area contributed by atoms with E-state index in [-0.39, 0.29) is 15.6 Å². The van der Waals surface area contributed by atoms with E-state index in [9.17, 15) is 4.79 Å². The number of amides is 1. The Hall–Kier alpha value is -1.27. The number of carbonyl (C=O) groups is 1. The van der Waals surface area contributed by atoms with Crippen LogP contribution in [0.5, 0.6) is 0 Å². The largest absolute Gasteiger partial charge is 0.300 e. The highest BCUT2D eigenvalue weighted by Gasteiger charge is 2.59. The van der Waals surface area contributed by atoms with Crippen LogP contribution < -0.4 is 5.32 Å². The molecule has 136 valence electrons. The van der Waals surface area contributed by atoms with Crippen molar-refractivity contribution in [3.63, 3.8) is 0 Å². The number of rotatable bonds is 4. The standard InChI is InChI=1S/C20H22BrN3OS/c21-20-10-14-6-15(11-20)9-19(8-14,12-20)17(25)22-18-24-23-16(26-18)7-13-4-2-1-3-5-13/h1-5,14-15H,6-12H2,(H,22,24,25)/t14-,15-,19?,20?/m1/s1. The van der Waals surface area contributed by atoms with Gasteiger partial charge in [-0.15, -0.1) is 10.2 Å². The predicted octanol–water partition coefficient (Wildman–Crippen LogP) is 4.80. The molecule has 6 heteroatoms. The monoisotopic (exact) mass is 431 g/mol. The number of benzene rings is 1. The minimum atomic E-state index is -0.209. The first-order valence-electron chi connectivity index (χ1n) is 9.39. The summed E-state index contributed by atoms with van der Waals surface area (Å²) in [7, 11) is 0. The molecular weight excluding hydrogens is 410 g/mol. The number of nitrogens with one attached hydrogen (secondary N) is 1. The van der Waals surface area contributed by atoms with Gasteiger partial charge < -0.3 is 5.32 Å². The Bertz CT molecular complexity index is 823. The van der Waals surface area contributed by atoms with Gasteiger partial charge >= 0.3 is 0 Å². The van der Waals surface area contributed by atoms with Crippen molar-refractivity contribution in [2.24, 2.45) is 17.3 Å². The van der Waals surface area contributed by atoms with Crippen molar-refractivity contribution < 1.29 is 4.79 Å². The fraction of sp³-hybridized carbons (Fsp3) is 0.550. The highest BCUT2D eigenvalue weighted by Crippen LogP contribution is 2.64. The third kappa shape index (κ3) is 3.01. The van der Waals surface area contributed by atoms with Crippen LogP contribution in [0.1, 0.15) is 49.1 Å². The fourth-order valence-corrected chi connectivity index (χ4v) is 8.01. The van der Waals surface area contributed by atoms with Crippen molar-refractivity contribution in [1.82, 2.24) is 10.2 Å². The van der Waals surface area contributed by atoms with Crippen LogP contribution in [0.3, 0.4) is 0 Å². The van der Waals surface area contributed by atoms with Gasteiger partial charge in [-0.3, -0.25) is 4.79 Å². The first kappa shape index (κ1) is 16.9. The normalized spacial score (nSPS) is 34.8. The number of alkyl halides is 1. The molecule has 1 aromatic heterocycles. The Balaban J connectivity index is 1.30. The molecule has 2 atom stereocenters. The van der Waals surface area contributed by atoms with Crippen LogP contribution >= 0.6 is 27.3 Å². The highest BCUT2D eigenvalue weighted by molar-refractivity contribution is 9.10. The molecule has 4 aliphatic rings. The molecule has 4 saturated carbocycles. The van der Waals surface area contributed by atoms with Crippen LogP contribution in [-0.2, 0) is 11.2 Å². The van der Waals surface area contributed by atoms with E-state index in [4.69, 9.17) is 0 Å². The summed E-state index contributed by atoms with van der Waals surface area (Å²) in [5.74, 6) is 1.56. The molecular formula is C20H22BrN3OS. The van der Waals surface area contributed by atoms with Crippen LogP contribution in [0.15, 0.2) is 30.3 Å². The molecule has 6 rings (SSSR count). The molecule has 4 aliphatic carbocycles. The highest BCUT2D eigenvalue weighted by atomic mass is 79.9. The van der Waals surface area contributed by atoms with Gasteiger partial charge in [0.25, 0.3) is 0 Å². The minimum Gasteiger partial charge on any atom is -0.300 e. The van der Waals surface area contributed by atoms with Gasteiger partial charge in [0.15, 0.2) is 0 Å². The smallest absolute Gasteiger partial charge is 0.232 e. The number of carbonyl (C=O) groups excluding carboxylic acids is 1. The van der Waals surface area contributed by atoms with Crippen LogP contribution in [-0.4, -0.2) is 20.4 Å². The fourth-order valence-electron chi connectivity index (χ4n) is 5.79. The zero-order chi connectivity index (χ0) is 17.8. The summed E-state index contributed by atoms with van der Waals surface area (Å²) in [6, 6.07) is 10.2. The second-order valence-electron chi connectivity index (χ2n) is 8.51. The van der Waals surface area contributed by atoms with Crippen LogP contribution in [0.2, 0.25) is 0 Å². The van der Waals surface area contributed by atoms with Gasteiger partial charge in [-0.25, -0.2) is 0 Å². The van der Waals surface area contributed by atoms with E-state index < -0.39 is 0 Å². The summed E-state index contributed by atoms with van der Waals surface area (Å²) in [6.07, 6.45) is 7.58. The number of hydrogen-bond donors (Lipinski definition) is 1. The third-order valence-electron chi connectivity index (χ3n) is 6.36. The average Bonchev–Trinajstić information content (AvgIpc) is 3.00. The molecule has 1 amide bonds. The van der Waals surface area contributed by atoms with E-state index in [2.05, 4.69) is 43.6 Å². The van der Waals surface area contributed by atoms with E-state index in [0.29, 0.717) is 17.0 Å². The van der Waals surface area contributed by atoms with Gasteiger partial charge in [-0.05, 0) is 55.9 Å². The number of hydrogen-bond acceptors (Lipinski definition) is 4. The average molecular weight is 432 g/mol. The molecule has 1 aromatic carbocycles. The second kappa shape index (κ2) is 6.13. The zero-order valence-electron chi connectivity index (χ0n) is 14.6. The maximum absolute atomic E-state index is 13.2. The Labute approximate surface area is 165 Å². The first-order valence-corrected chi connectivity index (χ1v) is 11.0. The Kier molecular flexibility index (Phi) is 3.98. The van der Waals surface area contributed by atoms with E-state index >= 15 is 0 Å². The predicted molar refractivity (Wildman–Crippen MR) is 107 cm³/mol. The van der Waals surface area contributed by atoms with Crippen molar-refractivity contribution in [3.05, 3.63) is 40.9 Å². The maximum Gasteiger partial charge on any atom is 0.232 e. The maximum atomic E-state index is 13.2. The van der Waals surface area contributed by atoms with Crippen LogP contribution in [0.4, 0.5) is 5.13 Å². The molecule has 1 heterocycles. The molecule has 26 heavy (non-hydrogen) atoms. The molecule has 0 radical (unpaired) electrons. The van der Waals surface area contributed by atoms with E-state index in [0.717, 1.165) is 30.7 Å². The van der Waals surface area contributed by atoms with Crippen molar-refractivity contribution in [1.29, 1.82) is 0 Å². The Morgan fingerprint density at radius 1 is 1.15 bits per heavy atom. The lowest BCUT2D eigenvalue weighted by Crippen LogP contribution is -2.57. The van der Waals surface area contributed by atoms with Gasteiger partial charge in [-0.2, -0.15) is 0 Å². The zero-order valence-corrected chi connectivity index (χ0v) is 17.0. The quantitative estimate of drug-likeness (QED) is 0.707. The van der Waals surface area contributed by atoms with Crippen molar-refractivity contribution in [3.8, 4) is 0 Å². The van der Waals surface area contributed by atoms with Crippen molar-refractivity contribution in [2.75, 3.05) is 5.32 Å². The van der Waals surface area contributed by atoms with Gasteiger partial charge in [0.2, 0.25) is 11.0 Å². The van der Waals surface area contributed by atoms with Gasteiger partial charge in [0, 0.05) is 10.7 Å². The van der Waals surface area contributed by atoms with E-state index in [1.807, 2.05) is 18.2 Å². The summed E-state index contributed by atoms with van der Waals surface area (Å²) in [5.41, 5.74) is 1.00. The summed E-state index contributed by atoms with van der Waals surface area (Å²) in [4.78, 5) is 13.2. The van der Waals surface area contributed by atoms with Gasteiger partial charge in [0.05, 0.1) is 5.41 Å². The number of aromatic nitrogens is 2. The van der Waals surface area contributed by atoms with E-state index in [1.165, 1.54) is 36.2 Å². The molecule has 0 unspecified atom stereocenters. The third-order valence-corrected chi connectivity index (χ3v) is 8.12. The molecule has 4 nitrogen and oxygen atoms in total. The summed E-state index contributed by atoms with van der Waals surface area (Å²) >= 11 is 5.48. The molecule has 2 aromatic rings. The molecule has 4 bridgehead atoms. The molecule has 1 N–H and O–H groups in total. The molecule has 0 saturated heterocycles. The lowest BCUT2D eigenvalue weighted by Gasteiger charge is -2.59. The van der Waals surface area contributed by atoms with E-state index in [1.54, 1.807) is 0 Å². The summed E-state index contributed by atoms with van der Waals surface area (Å²) < 4.78 is 0.189. The summed E-state index contributed by atoms with van der Waals surface area (Å²) in [6.45, 7) is 0. The number of nitrogens with zero attached hydrogens (tertiary/aromatic N) is 2. The number of anilines is 1.